The van der Waals surface area contributed by atoms with Gasteiger partial charge in [-0.25, -0.2) is 15.3 Å². The molecule has 0 unspecified atom stereocenters. The van der Waals surface area contributed by atoms with Crippen LogP contribution in [0.15, 0.2) is 47.5 Å². The van der Waals surface area contributed by atoms with Crippen molar-refractivity contribution in [3.8, 4) is 5.75 Å². The molecule has 7 nitrogen and oxygen atoms in total. The Hall–Kier alpha value is -2.64. The van der Waals surface area contributed by atoms with Crippen molar-refractivity contribution in [2.45, 2.75) is 6.23 Å². The minimum Gasteiger partial charge on any atom is -0.868 e. The summed E-state index contributed by atoms with van der Waals surface area (Å²) in [4.78, 5) is 19.6. The number of benzene rings is 2. The fraction of sp³-hybridized carbons (Fsp3) is 0.0714. The number of nitro groups is 1. The number of aliphatic imine (C=N–C) groups is 1. The molecule has 0 aromatic heterocycles. The molecule has 0 bridgehead atoms. The summed E-state index contributed by atoms with van der Waals surface area (Å²) in [5.74, 6) is -0.327. The average Bonchev–Trinajstić information content (AvgIpc) is 2.99. The minimum absolute atomic E-state index is 0.0117. The van der Waals surface area contributed by atoms with E-state index in [1.165, 1.54) is 6.07 Å². The smallest absolute Gasteiger partial charge is 0.263 e. The molecular formula is C14H9ClN3O4-. The van der Waals surface area contributed by atoms with E-state index in [-0.39, 0.29) is 10.6 Å². The molecule has 2 aromatic carbocycles. The number of nitrogens with zero attached hydrogens (tertiary/aromatic N) is 2. The molecule has 1 heterocycles. The monoisotopic (exact) mass is 318 g/mol. The lowest BCUT2D eigenvalue weighted by Crippen LogP contribution is -2.18. The van der Waals surface area contributed by atoms with Gasteiger partial charge in [-0.3, -0.25) is 10.1 Å². The quantitative estimate of drug-likeness (QED) is 0.691. The molecule has 1 aliphatic rings. The van der Waals surface area contributed by atoms with Gasteiger partial charge in [0, 0.05) is 22.2 Å². The second-order valence-corrected chi connectivity index (χ2v) is 4.95. The van der Waals surface area contributed by atoms with Crippen LogP contribution < -0.4 is 10.6 Å². The fourth-order valence-electron chi connectivity index (χ4n) is 2.06. The van der Waals surface area contributed by atoms with E-state index in [1.54, 1.807) is 0 Å². The molecule has 0 aliphatic carbocycles. The summed E-state index contributed by atoms with van der Waals surface area (Å²) in [5.41, 5.74) is 2.80. The van der Waals surface area contributed by atoms with Gasteiger partial charge in [-0.15, -0.1) is 0 Å². The van der Waals surface area contributed by atoms with Gasteiger partial charge >= 0.3 is 0 Å². The Morgan fingerprint density at radius 1 is 1.27 bits per heavy atom. The summed E-state index contributed by atoms with van der Waals surface area (Å²) in [6.07, 6.45) is -0.986. The lowest BCUT2D eigenvalue weighted by atomic mass is 10.1. The molecule has 3 rings (SSSR count). The zero-order chi connectivity index (χ0) is 15.7. The molecule has 1 aliphatic heterocycles. The first kappa shape index (κ1) is 14.3. The number of hydrogen-bond acceptors (Lipinski definition) is 6. The highest BCUT2D eigenvalue weighted by atomic mass is 35.5. The topological polar surface area (TPSA) is 99.8 Å². The second-order valence-electron chi connectivity index (χ2n) is 4.52. The van der Waals surface area contributed by atoms with E-state index in [9.17, 15) is 15.2 Å². The molecule has 0 spiro atoms. The fourth-order valence-corrected chi connectivity index (χ4v) is 2.28. The van der Waals surface area contributed by atoms with Crippen LogP contribution in [0.25, 0.3) is 0 Å². The maximum Gasteiger partial charge on any atom is 0.263 e. The van der Waals surface area contributed by atoms with Crippen molar-refractivity contribution >= 4 is 23.1 Å². The zero-order valence-corrected chi connectivity index (χ0v) is 11.8. The first-order valence-corrected chi connectivity index (χ1v) is 6.64. The van der Waals surface area contributed by atoms with Crippen molar-refractivity contribution in [1.82, 2.24) is 5.48 Å². The molecule has 22 heavy (non-hydrogen) atoms. The highest BCUT2D eigenvalue weighted by Crippen LogP contribution is 2.37. The van der Waals surface area contributed by atoms with Crippen LogP contribution in [0.1, 0.15) is 17.4 Å². The van der Waals surface area contributed by atoms with Crippen molar-refractivity contribution in [2.24, 2.45) is 4.99 Å². The van der Waals surface area contributed by atoms with E-state index >= 15 is 0 Å². The minimum atomic E-state index is -0.986. The van der Waals surface area contributed by atoms with E-state index in [0.29, 0.717) is 5.84 Å². The number of rotatable bonds is 3. The van der Waals surface area contributed by atoms with E-state index in [4.69, 9.17) is 16.4 Å². The Morgan fingerprint density at radius 2 is 2.00 bits per heavy atom. The standard InChI is InChI=1S/C14H10ClN3O4/c15-9-6-10(12(19)11(7-9)18(20)21)14-16-13(17-22-14)8-4-2-1-3-5-8/h1-7,14,19H,(H,16,17)/p-1/t14-/m0/s1. The van der Waals surface area contributed by atoms with Gasteiger partial charge in [0.15, 0.2) is 5.84 Å². The van der Waals surface area contributed by atoms with E-state index in [1.807, 2.05) is 30.3 Å². The summed E-state index contributed by atoms with van der Waals surface area (Å²) >= 11 is 5.83. The Kier molecular flexibility index (Phi) is 3.66. The molecule has 112 valence electrons. The predicted molar refractivity (Wildman–Crippen MR) is 77.5 cm³/mol. The van der Waals surface area contributed by atoms with Crippen molar-refractivity contribution in [2.75, 3.05) is 0 Å². The number of amidine groups is 1. The Morgan fingerprint density at radius 3 is 2.68 bits per heavy atom. The number of hydroxylamine groups is 1. The van der Waals surface area contributed by atoms with Crippen LogP contribution in [-0.4, -0.2) is 10.8 Å². The SMILES string of the molecule is O=[N+]([O-])c1cc(Cl)cc([C@H]2N=C(c3ccccc3)NO2)c1[O-]. The van der Waals surface area contributed by atoms with Crippen LogP contribution in [0, 0.1) is 10.1 Å². The predicted octanol–water partition coefficient (Wildman–Crippen LogP) is 2.30. The highest BCUT2D eigenvalue weighted by Gasteiger charge is 2.24. The third-order valence-corrected chi connectivity index (χ3v) is 3.30. The molecule has 0 saturated heterocycles. The maximum atomic E-state index is 12.1. The van der Waals surface area contributed by atoms with Crippen LogP contribution in [0.4, 0.5) is 5.69 Å². The molecule has 0 saturated carbocycles. The van der Waals surface area contributed by atoms with Crippen molar-refractivity contribution < 1.29 is 14.9 Å². The van der Waals surface area contributed by atoms with Gasteiger partial charge in [0.2, 0.25) is 6.23 Å². The van der Waals surface area contributed by atoms with Gasteiger partial charge in [-0.05, 0) is 11.8 Å². The Bertz CT molecular complexity index is 764. The van der Waals surface area contributed by atoms with Crippen molar-refractivity contribution in [1.29, 1.82) is 0 Å². The van der Waals surface area contributed by atoms with Crippen molar-refractivity contribution in [3.63, 3.8) is 0 Å². The number of hydrogen-bond donors (Lipinski definition) is 1. The van der Waals surface area contributed by atoms with Crippen LogP contribution in [-0.2, 0) is 4.84 Å². The zero-order valence-electron chi connectivity index (χ0n) is 11.0. The van der Waals surface area contributed by atoms with Gasteiger partial charge in [0.05, 0.1) is 4.92 Å². The summed E-state index contributed by atoms with van der Waals surface area (Å²) < 4.78 is 0. The van der Waals surface area contributed by atoms with Crippen LogP contribution in [0.3, 0.4) is 0 Å². The molecule has 1 atom stereocenters. The van der Waals surface area contributed by atoms with Gasteiger partial charge in [0.1, 0.15) is 0 Å². The van der Waals surface area contributed by atoms with Gasteiger partial charge < -0.3 is 5.11 Å². The first-order valence-electron chi connectivity index (χ1n) is 6.26. The summed E-state index contributed by atoms with van der Waals surface area (Å²) in [5, 5.41) is 23.1. The molecule has 1 N–H and O–H groups in total. The normalized spacial score (nSPS) is 17.0. The Labute approximate surface area is 129 Å². The lowest BCUT2D eigenvalue weighted by molar-refractivity contribution is -0.398. The van der Waals surface area contributed by atoms with E-state index in [0.717, 1.165) is 11.6 Å². The molecule has 2 aromatic rings. The summed E-state index contributed by atoms with van der Waals surface area (Å²) in [7, 11) is 0. The Balaban J connectivity index is 1.99. The number of nitrogens with one attached hydrogen (secondary N) is 1. The summed E-state index contributed by atoms with van der Waals surface area (Å²) in [6, 6.07) is 11.5. The summed E-state index contributed by atoms with van der Waals surface area (Å²) in [6.45, 7) is 0. The van der Waals surface area contributed by atoms with E-state index < -0.39 is 22.6 Å². The largest absolute Gasteiger partial charge is 0.868 e. The van der Waals surface area contributed by atoms with Crippen LogP contribution in [0.2, 0.25) is 5.02 Å². The maximum absolute atomic E-state index is 12.1. The third-order valence-electron chi connectivity index (χ3n) is 3.09. The highest BCUT2D eigenvalue weighted by molar-refractivity contribution is 6.31. The molecule has 8 heteroatoms. The third kappa shape index (κ3) is 2.59. The molecule has 0 radical (unpaired) electrons. The van der Waals surface area contributed by atoms with Crippen molar-refractivity contribution in [3.05, 3.63) is 68.7 Å². The van der Waals surface area contributed by atoms with Crippen LogP contribution >= 0.6 is 11.6 Å². The van der Waals surface area contributed by atoms with E-state index in [2.05, 4.69) is 10.5 Å². The first-order chi connectivity index (χ1) is 10.6. The number of nitro benzene ring substituents is 1. The molecule has 0 fully saturated rings. The lowest BCUT2D eigenvalue weighted by Gasteiger charge is -2.16. The molecule has 0 amide bonds. The molecular weight excluding hydrogens is 310 g/mol. The van der Waals surface area contributed by atoms with Gasteiger partial charge in [0.25, 0.3) is 5.69 Å². The van der Waals surface area contributed by atoms with Gasteiger partial charge in [-0.1, -0.05) is 41.9 Å². The number of halogens is 1. The van der Waals surface area contributed by atoms with Crippen LogP contribution in [0.5, 0.6) is 5.75 Å². The average molecular weight is 319 g/mol. The second kappa shape index (κ2) is 5.63. The van der Waals surface area contributed by atoms with Gasteiger partial charge in [-0.2, -0.15) is 0 Å².